The van der Waals surface area contributed by atoms with Gasteiger partial charge in [-0.1, -0.05) is 11.6 Å². The van der Waals surface area contributed by atoms with Gasteiger partial charge >= 0.3 is 0 Å². The molecule has 1 aromatic heterocycles. The molecule has 0 saturated carbocycles. The summed E-state index contributed by atoms with van der Waals surface area (Å²) in [4.78, 5) is 15.8. The number of nitrogen functional groups attached to an aromatic ring is 1. The van der Waals surface area contributed by atoms with Crippen molar-refractivity contribution < 1.29 is 4.79 Å². The van der Waals surface area contributed by atoms with Crippen LogP contribution in [0.1, 0.15) is 10.5 Å². The van der Waals surface area contributed by atoms with E-state index in [1.165, 1.54) is 6.20 Å². The molecule has 0 saturated heterocycles. The summed E-state index contributed by atoms with van der Waals surface area (Å²) in [5.74, 6) is -0.307. The van der Waals surface area contributed by atoms with Crippen LogP contribution in [0.25, 0.3) is 0 Å². The van der Waals surface area contributed by atoms with Gasteiger partial charge in [0, 0.05) is 9.50 Å². The minimum Gasteiger partial charge on any atom is -0.397 e. The molecular formula is C12H9BrClN3O. The Morgan fingerprint density at radius 2 is 2.11 bits per heavy atom. The number of hydrogen-bond acceptors (Lipinski definition) is 3. The lowest BCUT2D eigenvalue weighted by atomic mass is 10.3. The Balaban J connectivity index is 2.18. The maximum atomic E-state index is 11.9. The van der Waals surface area contributed by atoms with Gasteiger partial charge < -0.3 is 11.1 Å². The number of carbonyl (C=O) groups excluding carboxylic acids is 1. The van der Waals surface area contributed by atoms with Crippen molar-refractivity contribution in [2.75, 3.05) is 11.1 Å². The summed E-state index contributed by atoms with van der Waals surface area (Å²) in [6.45, 7) is 0. The third-order valence-corrected chi connectivity index (χ3v) is 3.09. The molecule has 4 nitrogen and oxygen atoms in total. The van der Waals surface area contributed by atoms with E-state index in [0.717, 1.165) is 0 Å². The topological polar surface area (TPSA) is 68.0 Å². The van der Waals surface area contributed by atoms with Crippen molar-refractivity contribution in [3.63, 3.8) is 0 Å². The van der Waals surface area contributed by atoms with Crippen molar-refractivity contribution >= 4 is 44.8 Å². The predicted octanol–water partition coefficient (Wildman–Crippen LogP) is 3.33. The molecule has 0 radical (unpaired) electrons. The maximum absolute atomic E-state index is 11.9. The van der Waals surface area contributed by atoms with Gasteiger partial charge in [0.15, 0.2) is 0 Å². The zero-order chi connectivity index (χ0) is 13.1. The standard InChI is InChI=1S/C12H9BrClN3O/c13-9-5-7(14)1-3-10(9)17-12(18)11-4-2-8(15)6-16-11/h1-6H,15H2,(H,17,18). The lowest BCUT2D eigenvalue weighted by Crippen LogP contribution is -2.13. The summed E-state index contributed by atoms with van der Waals surface area (Å²) in [7, 11) is 0. The third kappa shape index (κ3) is 3.00. The lowest BCUT2D eigenvalue weighted by molar-refractivity contribution is 0.102. The van der Waals surface area contributed by atoms with Gasteiger partial charge in [0.25, 0.3) is 5.91 Å². The highest BCUT2D eigenvalue weighted by Gasteiger charge is 2.09. The van der Waals surface area contributed by atoms with Crippen LogP contribution >= 0.6 is 27.5 Å². The fraction of sp³-hybridized carbons (Fsp3) is 0. The first-order chi connectivity index (χ1) is 8.56. The van der Waals surface area contributed by atoms with E-state index in [1.54, 1.807) is 30.3 Å². The van der Waals surface area contributed by atoms with Crippen LogP contribution in [0.4, 0.5) is 11.4 Å². The average Bonchev–Trinajstić information content (AvgIpc) is 2.33. The zero-order valence-corrected chi connectivity index (χ0v) is 11.5. The highest BCUT2D eigenvalue weighted by atomic mass is 79.9. The molecule has 2 rings (SSSR count). The van der Waals surface area contributed by atoms with Gasteiger partial charge in [-0.15, -0.1) is 0 Å². The Morgan fingerprint density at radius 3 is 2.72 bits per heavy atom. The van der Waals surface area contributed by atoms with E-state index in [1.807, 2.05) is 0 Å². The molecule has 0 fully saturated rings. The quantitative estimate of drug-likeness (QED) is 0.889. The number of anilines is 2. The number of rotatable bonds is 2. The SMILES string of the molecule is Nc1ccc(C(=O)Nc2ccc(Cl)cc2Br)nc1. The number of carbonyl (C=O) groups is 1. The molecule has 3 N–H and O–H groups in total. The maximum Gasteiger partial charge on any atom is 0.274 e. The molecule has 0 aliphatic carbocycles. The molecule has 1 aromatic carbocycles. The molecule has 92 valence electrons. The predicted molar refractivity (Wildman–Crippen MR) is 75.8 cm³/mol. The van der Waals surface area contributed by atoms with E-state index in [9.17, 15) is 4.79 Å². The second kappa shape index (κ2) is 5.37. The van der Waals surface area contributed by atoms with Gasteiger partial charge in [0.1, 0.15) is 5.69 Å². The Hall–Kier alpha value is -1.59. The van der Waals surface area contributed by atoms with E-state index in [0.29, 0.717) is 26.6 Å². The van der Waals surface area contributed by atoms with Crippen LogP contribution in [-0.4, -0.2) is 10.9 Å². The third-order valence-electron chi connectivity index (χ3n) is 2.20. The van der Waals surface area contributed by atoms with Crippen LogP contribution in [0.15, 0.2) is 41.0 Å². The number of nitrogens with two attached hydrogens (primary N) is 1. The largest absolute Gasteiger partial charge is 0.397 e. The van der Waals surface area contributed by atoms with Gasteiger partial charge in [0.2, 0.25) is 0 Å². The van der Waals surface area contributed by atoms with Crippen LogP contribution in [0.5, 0.6) is 0 Å². The molecule has 1 amide bonds. The Bertz CT molecular complexity index is 586. The van der Waals surface area contributed by atoms with Gasteiger partial charge in [0.05, 0.1) is 17.6 Å². The monoisotopic (exact) mass is 325 g/mol. The molecule has 0 atom stereocenters. The minimum absolute atomic E-state index is 0.297. The van der Waals surface area contributed by atoms with Crippen LogP contribution in [0.2, 0.25) is 5.02 Å². The molecule has 0 spiro atoms. The zero-order valence-electron chi connectivity index (χ0n) is 9.15. The summed E-state index contributed by atoms with van der Waals surface area (Å²) < 4.78 is 0.707. The highest BCUT2D eigenvalue weighted by Crippen LogP contribution is 2.26. The minimum atomic E-state index is -0.307. The van der Waals surface area contributed by atoms with Crippen molar-refractivity contribution in [3.05, 3.63) is 51.7 Å². The second-order valence-corrected chi connectivity index (χ2v) is 4.85. The van der Waals surface area contributed by atoms with Crippen LogP contribution < -0.4 is 11.1 Å². The summed E-state index contributed by atoms with van der Waals surface area (Å²) >= 11 is 9.14. The summed E-state index contributed by atoms with van der Waals surface area (Å²) in [6.07, 6.45) is 1.44. The van der Waals surface area contributed by atoms with Crippen LogP contribution in [0.3, 0.4) is 0 Å². The normalized spacial score (nSPS) is 10.1. The average molecular weight is 327 g/mol. The first-order valence-corrected chi connectivity index (χ1v) is 6.21. The molecule has 6 heteroatoms. The van der Waals surface area contributed by atoms with E-state index in [-0.39, 0.29) is 5.91 Å². The number of benzene rings is 1. The number of halogens is 2. The van der Waals surface area contributed by atoms with Crippen LogP contribution in [-0.2, 0) is 0 Å². The summed E-state index contributed by atoms with van der Waals surface area (Å²) in [6, 6.07) is 8.29. The molecule has 0 unspecified atom stereocenters. The van der Waals surface area contributed by atoms with Crippen molar-refractivity contribution in [3.8, 4) is 0 Å². The van der Waals surface area contributed by atoms with E-state index in [2.05, 4.69) is 26.2 Å². The fourth-order valence-electron chi connectivity index (χ4n) is 1.32. The molecular weight excluding hydrogens is 318 g/mol. The number of amides is 1. The Labute approximate surface area is 117 Å². The molecule has 1 heterocycles. The van der Waals surface area contributed by atoms with Crippen LogP contribution in [0, 0.1) is 0 Å². The van der Waals surface area contributed by atoms with Crippen molar-refractivity contribution in [2.24, 2.45) is 0 Å². The van der Waals surface area contributed by atoms with E-state index >= 15 is 0 Å². The highest BCUT2D eigenvalue weighted by molar-refractivity contribution is 9.10. The van der Waals surface area contributed by atoms with Gasteiger partial charge in [-0.3, -0.25) is 4.79 Å². The molecule has 0 bridgehead atoms. The summed E-state index contributed by atoms with van der Waals surface area (Å²) in [5, 5.41) is 3.31. The molecule has 18 heavy (non-hydrogen) atoms. The summed E-state index contributed by atoms with van der Waals surface area (Å²) in [5.41, 5.74) is 6.94. The fourth-order valence-corrected chi connectivity index (χ4v) is 2.10. The smallest absolute Gasteiger partial charge is 0.274 e. The number of aromatic nitrogens is 1. The van der Waals surface area contributed by atoms with E-state index in [4.69, 9.17) is 17.3 Å². The molecule has 0 aliphatic rings. The number of nitrogens with zero attached hydrogens (tertiary/aromatic N) is 1. The second-order valence-electron chi connectivity index (χ2n) is 3.56. The molecule has 2 aromatic rings. The Morgan fingerprint density at radius 1 is 1.33 bits per heavy atom. The first-order valence-electron chi connectivity index (χ1n) is 5.04. The lowest BCUT2D eigenvalue weighted by Gasteiger charge is -2.07. The van der Waals surface area contributed by atoms with Gasteiger partial charge in [-0.2, -0.15) is 0 Å². The number of hydrogen-bond donors (Lipinski definition) is 2. The number of nitrogens with one attached hydrogen (secondary N) is 1. The van der Waals surface area contributed by atoms with Gasteiger partial charge in [-0.05, 0) is 46.3 Å². The molecule has 0 aliphatic heterocycles. The van der Waals surface area contributed by atoms with Crippen molar-refractivity contribution in [1.82, 2.24) is 4.98 Å². The van der Waals surface area contributed by atoms with Crippen molar-refractivity contribution in [2.45, 2.75) is 0 Å². The van der Waals surface area contributed by atoms with Crippen molar-refractivity contribution in [1.29, 1.82) is 0 Å². The first kappa shape index (κ1) is 12.9. The van der Waals surface area contributed by atoms with E-state index < -0.39 is 0 Å². The number of pyridine rings is 1. The van der Waals surface area contributed by atoms with Gasteiger partial charge in [-0.25, -0.2) is 4.98 Å². The Kier molecular flexibility index (Phi) is 3.84.